The molecular formula is C30H32F3N5O5S. The molecule has 2 heterocycles. The van der Waals surface area contributed by atoms with Gasteiger partial charge in [-0.15, -0.1) is 0 Å². The number of sulfonamides is 1. The lowest BCUT2D eigenvalue weighted by Crippen LogP contribution is -2.39. The smallest absolute Gasteiger partial charge is 0.268 e. The van der Waals surface area contributed by atoms with Crippen molar-refractivity contribution in [3.63, 3.8) is 0 Å². The van der Waals surface area contributed by atoms with Crippen molar-refractivity contribution in [2.45, 2.75) is 55.6 Å². The first-order chi connectivity index (χ1) is 20.9. The van der Waals surface area contributed by atoms with E-state index >= 15 is 4.39 Å². The standard InChI is InChI=1S/C30H32F3N5O5S/c1-19-13-28(23(31)15-25(19)43-27-16-30(32,33)10-7-22(27)24-8-12-36-37(24)2)44(39,40)38(29-9-11-34-18-35-29)17-20-5-6-21(41-3)14-26(20)42-4/h5-6,8-9,11-15,18,22,27H,7,10,16-17H2,1-4H3/t22-,27+/m1/s1. The zero-order valence-electron chi connectivity index (χ0n) is 24.6. The summed E-state index contributed by atoms with van der Waals surface area (Å²) >= 11 is 0. The molecule has 44 heavy (non-hydrogen) atoms. The van der Waals surface area contributed by atoms with Crippen LogP contribution in [0.25, 0.3) is 0 Å². The zero-order chi connectivity index (χ0) is 31.6. The van der Waals surface area contributed by atoms with Gasteiger partial charge in [0.15, 0.2) is 0 Å². The number of ether oxygens (including phenoxy) is 3. The Labute approximate surface area is 253 Å². The first kappa shape index (κ1) is 31.1. The van der Waals surface area contributed by atoms with Gasteiger partial charge in [-0.1, -0.05) is 0 Å². The van der Waals surface area contributed by atoms with Crippen LogP contribution in [0.5, 0.6) is 17.2 Å². The molecule has 2 aromatic heterocycles. The van der Waals surface area contributed by atoms with Gasteiger partial charge in [0, 0.05) is 67.7 Å². The van der Waals surface area contributed by atoms with Crippen LogP contribution in [0.2, 0.25) is 0 Å². The van der Waals surface area contributed by atoms with Crippen LogP contribution in [-0.2, 0) is 23.6 Å². The molecule has 0 unspecified atom stereocenters. The largest absolute Gasteiger partial charge is 0.497 e. The van der Waals surface area contributed by atoms with Crippen molar-refractivity contribution in [3.05, 3.63) is 83.8 Å². The summed E-state index contributed by atoms with van der Waals surface area (Å²) in [6.45, 7) is 1.28. The minimum Gasteiger partial charge on any atom is -0.497 e. The predicted molar refractivity (Wildman–Crippen MR) is 155 cm³/mol. The molecule has 2 aromatic carbocycles. The number of aryl methyl sites for hydroxylation is 2. The maximum Gasteiger partial charge on any atom is 0.268 e. The van der Waals surface area contributed by atoms with Gasteiger partial charge >= 0.3 is 0 Å². The summed E-state index contributed by atoms with van der Waals surface area (Å²) in [5.74, 6) is -3.66. The average molecular weight is 632 g/mol. The Bertz CT molecular complexity index is 1740. The molecule has 2 atom stereocenters. The van der Waals surface area contributed by atoms with Gasteiger partial charge in [0.25, 0.3) is 15.9 Å². The maximum absolute atomic E-state index is 15.8. The first-order valence-electron chi connectivity index (χ1n) is 13.8. The van der Waals surface area contributed by atoms with Crippen molar-refractivity contribution in [2.75, 3.05) is 18.5 Å². The van der Waals surface area contributed by atoms with Gasteiger partial charge in [-0.3, -0.25) is 4.68 Å². The Balaban J connectivity index is 1.50. The van der Waals surface area contributed by atoms with Gasteiger partial charge in [-0.05, 0) is 43.2 Å². The molecule has 14 heteroatoms. The fraction of sp³-hybridized carbons (Fsp3) is 0.367. The number of halogens is 3. The Hall–Kier alpha value is -4.33. The lowest BCUT2D eigenvalue weighted by Gasteiger charge is -2.36. The van der Waals surface area contributed by atoms with Crippen molar-refractivity contribution in [3.8, 4) is 17.2 Å². The van der Waals surface area contributed by atoms with Gasteiger partial charge in [0.1, 0.15) is 46.2 Å². The molecule has 10 nitrogen and oxygen atoms in total. The average Bonchev–Trinajstić information content (AvgIpc) is 3.42. The highest BCUT2D eigenvalue weighted by molar-refractivity contribution is 7.92. The van der Waals surface area contributed by atoms with Crippen LogP contribution in [0.1, 0.15) is 42.0 Å². The van der Waals surface area contributed by atoms with Crippen LogP contribution < -0.4 is 18.5 Å². The highest BCUT2D eigenvalue weighted by Gasteiger charge is 2.44. The topological polar surface area (TPSA) is 109 Å². The lowest BCUT2D eigenvalue weighted by molar-refractivity contribution is -0.0782. The predicted octanol–water partition coefficient (Wildman–Crippen LogP) is 5.42. The van der Waals surface area contributed by atoms with E-state index in [0.29, 0.717) is 17.1 Å². The molecule has 5 rings (SSSR count). The molecule has 4 aromatic rings. The fourth-order valence-corrected chi connectivity index (χ4v) is 6.93. The monoisotopic (exact) mass is 631 g/mol. The normalized spacial score (nSPS) is 18.1. The number of alkyl halides is 2. The minimum absolute atomic E-state index is 0.00120. The van der Waals surface area contributed by atoms with Gasteiger partial charge < -0.3 is 14.2 Å². The maximum atomic E-state index is 15.8. The van der Waals surface area contributed by atoms with Crippen molar-refractivity contribution in [1.29, 1.82) is 0 Å². The Morgan fingerprint density at radius 1 is 1.07 bits per heavy atom. The van der Waals surface area contributed by atoms with Crippen molar-refractivity contribution < 1.29 is 35.8 Å². The van der Waals surface area contributed by atoms with E-state index in [1.54, 1.807) is 42.2 Å². The van der Waals surface area contributed by atoms with E-state index in [1.165, 1.54) is 39.7 Å². The van der Waals surface area contributed by atoms with E-state index in [9.17, 15) is 17.2 Å². The van der Waals surface area contributed by atoms with E-state index in [-0.39, 0.29) is 36.5 Å². The molecule has 0 radical (unpaired) electrons. The third-order valence-electron chi connectivity index (χ3n) is 7.71. The van der Waals surface area contributed by atoms with Gasteiger partial charge in [0.05, 0.1) is 20.8 Å². The van der Waals surface area contributed by atoms with E-state index in [2.05, 4.69) is 15.1 Å². The molecule has 1 aliphatic rings. The number of nitrogens with zero attached hydrogens (tertiary/aromatic N) is 5. The summed E-state index contributed by atoms with van der Waals surface area (Å²) in [6, 6.07) is 10.1. The van der Waals surface area contributed by atoms with Crippen molar-refractivity contribution in [2.24, 2.45) is 7.05 Å². The van der Waals surface area contributed by atoms with Crippen LogP contribution in [0, 0.1) is 12.7 Å². The highest BCUT2D eigenvalue weighted by Crippen LogP contribution is 2.43. The van der Waals surface area contributed by atoms with Crippen LogP contribution in [0.4, 0.5) is 19.0 Å². The number of anilines is 1. The van der Waals surface area contributed by atoms with Crippen LogP contribution in [0.3, 0.4) is 0 Å². The number of methoxy groups -OCH3 is 2. The quantitative estimate of drug-likeness (QED) is 0.228. The van der Waals surface area contributed by atoms with E-state index in [4.69, 9.17) is 14.2 Å². The van der Waals surface area contributed by atoms with E-state index < -0.39 is 45.1 Å². The second kappa shape index (κ2) is 12.3. The summed E-state index contributed by atoms with van der Waals surface area (Å²) in [6.07, 6.45) is 2.39. The van der Waals surface area contributed by atoms with Crippen LogP contribution in [0.15, 0.2) is 66.1 Å². The summed E-state index contributed by atoms with van der Waals surface area (Å²) < 4.78 is 92.2. The molecule has 0 bridgehead atoms. The lowest BCUT2D eigenvalue weighted by atomic mass is 9.82. The number of benzene rings is 2. The van der Waals surface area contributed by atoms with Crippen molar-refractivity contribution >= 4 is 15.8 Å². The van der Waals surface area contributed by atoms with Gasteiger partial charge in [0.2, 0.25) is 0 Å². The van der Waals surface area contributed by atoms with Gasteiger partial charge in [-0.25, -0.2) is 35.9 Å². The second-order valence-corrected chi connectivity index (χ2v) is 12.4. The van der Waals surface area contributed by atoms with E-state index in [0.717, 1.165) is 22.1 Å². The molecular weight excluding hydrogens is 599 g/mol. The van der Waals surface area contributed by atoms with E-state index in [1.807, 2.05) is 0 Å². The summed E-state index contributed by atoms with van der Waals surface area (Å²) in [4.78, 5) is 7.33. The third kappa shape index (κ3) is 6.30. The fourth-order valence-electron chi connectivity index (χ4n) is 5.40. The molecule has 1 saturated carbocycles. The molecule has 0 aliphatic heterocycles. The molecule has 0 spiro atoms. The molecule has 0 saturated heterocycles. The Morgan fingerprint density at radius 3 is 2.52 bits per heavy atom. The highest BCUT2D eigenvalue weighted by atomic mass is 32.2. The van der Waals surface area contributed by atoms with Crippen molar-refractivity contribution in [1.82, 2.24) is 19.7 Å². The Morgan fingerprint density at radius 2 is 1.86 bits per heavy atom. The molecule has 234 valence electrons. The summed E-state index contributed by atoms with van der Waals surface area (Å²) in [7, 11) is 0.0692. The third-order valence-corrected chi connectivity index (χ3v) is 9.48. The number of hydrogen-bond acceptors (Lipinski definition) is 8. The zero-order valence-corrected chi connectivity index (χ0v) is 25.4. The Kier molecular flexibility index (Phi) is 8.73. The SMILES string of the molecule is COc1ccc(CN(c2ccncn2)S(=O)(=O)c2cc(C)c(O[C@H]3CC(F)(F)CC[C@@H]3c3ccnn3C)cc2F)c(OC)c1. The number of aromatic nitrogens is 4. The molecule has 1 fully saturated rings. The number of rotatable bonds is 10. The van der Waals surface area contributed by atoms with Gasteiger partial charge in [-0.2, -0.15) is 5.10 Å². The molecule has 1 aliphatic carbocycles. The molecule has 0 amide bonds. The summed E-state index contributed by atoms with van der Waals surface area (Å²) in [5.41, 5.74) is 1.44. The minimum atomic E-state index is -4.57. The van der Waals surface area contributed by atoms with Crippen LogP contribution in [-0.4, -0.2) is 54.4 Å². The van der Waals surface area contributed by atoms with Crippen LogP contribution >= 0.6 is 0 Å². The molecule has 0 N–H and O–H groups in total. The second-order valence-electron chi connectivity index (χ2n) is 10.5. The summed E-state index contributed by atoms with van der Waals surface area (Å²) in [5, 5.41) is 4.15. The number of hydrogen-bond donors (Lipinski definition) is 0. The first-order valence-corrected chi connectivity index (χ1v) is 15.2.